The molecule has 2 aromatic carbocycles. The number of rotatable bonds is 11. The van der Waals surface area contributed by atoms with Crippen molar-refractivity contribution in [2.45, 2.75) is 72.8 Å². The van der Waals surface area contributed by atoms with Crippen LogP contribution in [-0.4, -0.2) is 27.0 Å². The summed E-state index contributed by atoms with van der Waals surface area (Å²) >= 11 is 0. The lowest BCUT2D eigenvalue weighted by Gasteiger charge is -2.11. The smallest absolute Gasteiger partial charge is 0.304 e. The Kier molecular flexibility index (Phi) is 8.72. The third-order valence-electron chi connectivity index (χ3n) is 5.37. The molecule has 0 aliphatic rings. The predicted octanol–water partition coefficient (Wildman–Crippen LogP) is 5.78. The molecule has 1 aromatic heterocycles. The van der Waals surface area contributed by atoms with E-state index in [-0.39, 0.29) is 18.4 Å². The molecule has 0 saturated heterocycles. The van der Waals surface area contributed by atoms with Gasteiger partial charge in [0.05, 0.1) is 36.3 Å². The lowest BCUT2D eigenvalue weighted by Crippen LogP contribution is -2.07. The van der Waals surface area contributed by atoms with Crippen LogP contribution in [0.3, 0.4) is 0 Å². The maximum Gasteiger partial charge on any atom is 0.304 e. The minimum atomic E-state index is -0.862. The number of aliphatic carboxylic acids is 1. The Bertz CT molecular complexity index is 1170. The normalized spacial score (nSPS) is 12.1. The van der Waals surface area contributed by atoms with Gasteiger partial charge in [0, 0.05) is 11.9 Å². The Labute approximate surface area is 201 Å². The van der Waals surface area contributed by atoms with Crippen molar-refractivity contribution in [1.82, 2.24) is 9.78 Å². The summed E-state index contributed by atoms with van der Waals surface area (Å²) in [5.41, 5.74) is 3.97. The van der Waals surface area contributed by atoms with E-state index < -0.39 is 5.97 Å². The lowest BCUT2D eigenvalue weighted by atomic mass is 9.96. The first kappa shape index (κ1) is 25.3. The first-order valence-electron chi connectivity index (χ1n) is 11.7. The number of nitrogens with zero attached hydrogens (tertiary/aromatic N) is 2. The van der Waals surface area contributed by atoms with Gasteiger partial charge in [-0.25, -0.2) is 0 Å². The van der Waals surface area contributed by atoms with Crippen molar-refractivity contribution in [2.24, 2.45) is 5.92 Å². The van der Waals surface area contributed by atoms with E-state index >= 15 is 0 Å². The van der Waals surface area contributed by atoms with Crippen LogP contribution < -0.4 is 4.74 Å². The number of fused-ring (bicyclic) bond motifs is 1. The quantitative estimate of drug-likeness (QED) is 0.366. The number of carboxylic acids is 1. The van der Waals surface area contributed by atoms with Crippen molar-refractivity contribution in [2.75, 3.05) is 0 Å². The van der Waals surface area contributed by atoms with Gasteiger partial charge in [0.1, 0.15) is 12.4 Å². The molecular formula is C28H34N2O4. The number of carbonyl (C=O) groups is 1. The van der Waals surface area contributed by atoms with E-state index in [4.69, 9.17) is 19.7 Å². The fraction of sp³-hybridized carbons (Fsp3) is 0.429. The fourth-order valence-corrected chi connectivity index (χ4v) is 3.78. The van der Waals surface area contributed by atoms with Crippen molar-refractivity contribution < 1.29 is 19.4 Å². The lowest BCUT2D eigenvalue weighted by molar-refractivity contribution is -0.137. The summed E-state index contributed by atoms with van der Waals surface area (Å²) in [6, 6.07) is 13.8. The minimum Gasteiger partial charge on any atom is -0.489 e. The first-order valence-corrected chi connectivity index (χ1v) is 11.7. The third-order valence-corrected chi connectivity index (χ3v) is 5.37. The Morgan fingerprint density at radius 1 is 1.09 bits per heavy atom. The molecule has 0 bridgehead atoms. The summed E-state index contributed by atoms with van der Waals surface area (Å²) in [5, 5.41) is 15.1. The highest BCUT2D eigenvalue weighted by atomic mass is 16.5. The summed E-state index contributed by atoms with van der Waals surface area (Å²) in [6.07, 6.45) is 0.132. The van der Waals surface area contributed by atoms with Crippen molar-refractivity contribution in [3.63, 3.8) is 0 Å². The van der Waals surface area contributed by atoms with Gasteiger partial charge in [0.15, 0.2) is 0 Å². The molecular weight excluding hydrogens is 428 g/mol. The number of benzene rings is 2. The molecule has 34 heavy (non-hydrogen) atoms. The van der Waals surface area contributed by atoms with Crippen LogP contribution in [0.4, 0.5) is 0 Å². The molecule has 0 unspecified atom stereocenters. The standard InChI is InChI=1S/C28H34N2O4/c1-6-7-23(15-28(31)32)22-9-11-24(12-10-22)34-17-21-8-13-25-26(18-33-20(4)5)29-30(16-19(2)3)27(25)14-21/h8-14,19-20,23H,15-18H2,1-5H3,(H,31,32)/t23-/m0/s1. The minimum absolute atomic E-state index is 0.0185. The SMILES string of the molecule is CC#C[C@@H](CC(=O)O)c1ccc(OCc2ccc3c(COC(C)C)nn(CC(C)C)c3c2)cc1. The molecule has 0 aliphatic heterocycles. The number of ether oxygens (including phenoxy) is 2. The van der Waals surface area contributed by atoms with Gasteiger partial charge in [-0.1, -0.05) is 44.0 Å². The van der Waals surface area contributed by atoms with E-state index in [9.17, 15) is 4.79 Å². The second-order valence-corrected chi connectivity index (χ2v) is 9.14. The average molecular weight is 463 g/mol. The number of hydrogen-bond acceptors (Lipinski definition) is 4. The summed E-state index contributed by atoms with van der Waals surface area (Å²) in [5.74, 6) is 5.80. The van der Waals surface area contributed by atoms with Gasteiger partial charge in [0.2, 0.25) is 0 Å². The van der Waals surface area contributed by atoms with E-state index in [2.05, 4.69) is 48.6 Å². The zero-order chi connectivity index (χ0) is 24.7. The Balaban J connectivity index is 1.75. The van der Waals surface area contributed by atoms with E-state index in [1.54, 1.807) is 6.92 Å². The second-order valence-electron chi connectivity index (χ2n) is 9.14. The third kappa shape index (κ3) is 6.85. The molecule has 180 valence electrons. The van der Waals surface area contributed by atoms with Gasteiger partial charge in [0.25, 0.3) is 0 Å². The maximum absolute atomic E-state index is 11.1. The van der Waals surface area contributed by atoms with Gasteiger partial charge < -0.3 is 14.6 Å². The monoisotopic (exact) mass is 462 g/mol. The molecule has 1 heterocycles. The van der Waals surface area contributed by atoms with Gasteiger partial charge >= 0.3 is 5.97 Å². The number of carboxylic acid groups (broad SMARTS) is 1. The molecule has 0 saturated carbocycles. The van der Waals surface area contributed by atoms with Crippen LogP contribution in [0.15, 0.2) is 42.5 Å². The predicted molar refractivity (Wildman–Crippen MR) is 134 cm³/mol. The first-order chi connectivity index (χ1) is 16.3. The topological polar surface area (TPSA) is 73.6 Å². The summed E-state index contributed by atoms with van der Waals surface area (Å²) < 4.78 is 13.9. The van der Waals surface area contributed by atoms with Gasteiger partial charge in [-0.2, -0.15) is 5.10 Å². The van der Waals surface area contributed by atoms with Crippen LogP contribution in [0, 0.1) is 17.8 Å². The van der Waals surface area contributed by atoms with E-state index in [0.29, 0.717) is 19.1 Å². The van der Waals surface area contributed by atoms with Gasteiger partial charge in [-0.05, 0) is 56.0 Å². The van der Waals surface area contributed by atoms with E-state index in [1.807, 2.05) is 38.1 Å². The highest BCUT2D eigenvalue weighted by Crippen LogP contribution is 2.25. The van der Waals surface area contributed by atoms with Gasteiger partial charge in [-0.15, -0.1) is 5.92 Å². The molecule has 0 radical (unpaired) electrons. The largest absolute Gasteiger partial charge is 0.489 e. The number of aromatic nitrogens is 2. The molecule has 0 spiro atoms. The highest BCUT2D eigenvalue weighted by molar-refractivity contribution is 5.82. The second kappa shape index (κ2) is 11.7. The van der Waals surface area contributed by atoms with Crippen molar-refractivity contribution in [3.05, 3.63) is 59.3 Å². The fourth-order valence-electron chi connectivity index (χ4n) is 3.78. The van der Waals surface area contributed by atoms with Gasteiger partial charge in [-0.3, -0.25) is 9.48 Å². The molecule has 3 rings (SSSR count). The summed E-state index contributed by atoms with van der Waals surface area (Å²) in [6.45, 7) is 11.9. The van der Waals surface area contributed by atoms with Crippen LogP contribution in [0.5, 0.6) is 5.75 Å². The Hall–Kier alpha value is -3.30. The van der Waals surface area contributed by atoms with Crippen molar-refractivity contribution in [1.29, 1.82) is 0 Å². The Morgan fingerprint density at radius 3 is 2.44 bits per heavy atom. The van der Waals surface area contributed by atoms with Crippen LogP contribution in [-0.2, 0) is 29.3 Å². The molecule has 6 heteroatoms. The van der Waals surface area contributed by atoms with E-state index in [0.717, 1.165) is 40.0 Å². The number of hydrogen-bond donors (Lipinski definition) is 1. The van der Waals surface area contributed by atoms with Crippen LogP contribution in [0.2, 0.25) is 0 Å². The molecule has 1 atom stereocenters. The zero-order valence-electron chi connectivity index (χ0n) is 20.7. The molecule has 6 nitrogen and oxygen atoms in total. The van der Waals surface area contributed by atoms with Crippen molar-refractivity contribution in [3.8, 4) is 17.6 Å². The zero-order valence-corrected chi connectivity index (χ0v) is 20.7. The van der Waals surface area contributed by atoms with E-state index in [1.165, 1.54) is 0 Å². The molecule has 0 amide bonds. The van der Waals surface area contributed by atoms with Crippen molar-refractivity contribution >= 4 is 16.9 Å². The van der Waals surface area contributed by atoms with Crippen LogP contribution >= 0.6 is 0 Å². The molecule has 1 N–H and O–H groups in total. The van der Waals surface area contributed by atoms with Crippen LogP contribution in [0.1, 0.15) is 63.8 Å². The molecule has 0 aliphatic carbocycles. The van der Waals surface area contributed by atoms with Crippen LogP contribution in [0.25, 0.3) is 10.9 Å². The highest BCUT2D eigenvalue weighted by Gasteiger charge is 2.15. The Morgan fingerprint density at radius 2 is 1.82 bits per heavy atom. The molecule has 3 aromatic rings. The molecule has 0 fully saturated rings. The summed E-state index contributed by atoms with van der Waals surface area (Å²) in [7, 11) is 0. The summed E-state index contributed by atoms with van der Waals surface area (Å²) in [4.78, 5) is 11.1. The maximum atomic E-state index is 11.1. The average Bonchev–Trinajstić information content (AvgIpc) is 3.12.